The van der Waals surface area contributed by atoms with Gasteiger partial charge in [0.15, 0.2) is 0 Å². The maximum atomic E-state index is 13.2. The summed E-state index contributed by atoms with van der Waals surface area (Å²) in [6.07, 6.45) is 2.57. The largest absolute Gasteiger partial charge is 0.347 e. The van der Waals surface area contributed by atoms with Gasteiger partial charge < -0.3 is 14.4 Å². The molecule has 1 aliphatic rings. The predicted octanol–water partition coefficient (Wildman–Crippen LogP) is 3.68. The number of rotatable bonds is 3. The van der Waals surface area contributed by atoms with E-state index in [0.29, 0.717) is 6.42 Å². The number of para-hydroxylation sites is 2. The van der Waals surface area contributed by atoms with Crippen molar-refractivity contribution in [3.63, 3.8) is 0 Å². The maximum Gasteiger partial charge on any atom is 0.231 e. The normalized spacial score (nSPS) is 15.1. The number of likely N-dealkylation sites (N-methyl/N-ethyl adjacent to an activating group) is 1. The standard InChI is InChI=1S/C22H25N3O/c1-3-24-16-18(19-9-5-7-11-21(19)24)14-22(26)25-13-12-23(2)15-17-8-4-6-10-20(17)25/h4-11,16H,3,12-15H2,1-2H3. The zero-order valence-corrected chi connectivity index (χ0v) is 15.5. The van der Waals surface area contributed by atoms with E-state index in [9.17, 15) is 4.79 Å². The predicted molar refractivity (Wildman–Crippen MR) is 106 cm³/mol. The number of carbonyl (C=O) groups excluding carboxylic acids is 1. The van der Waals surface area contributed by atoms with Crippen LogP contribution in [0.1, 0.15) is 18.1 Å². The summed E-state index contributed by atoms with van der Waals surface area (Å²) in [4.78, 5) is 17.5. The van der Waals surface area contributed by atoms with E-state index in [1.54, 1.807) is 0 Å². The SMILES string of the molecule is CCn1cc(CC(=O)N2CCN(C)Cc3ccccc32)c2ccccc21. The number of hydrogen-bond donors (Lipinski definition) is 0. The van der Waals surface area contributed by atoms with Crippen LogP contribution in [0.5, 0.6) is 0 Å². The second-order valence-corrected chi connectivity index (χ2v) is 7.05. The molecule has 2 aromatic carbocycles. The van der Waals surface area contributed by atoms with E-state index in [4.69, 9.17) is 0 Å². The average Bonchev–Trinajstić information content (AvgIpc) is 2.91. The Morgan fingerprint density at radius 3 is 2.65 bits per heavy atom. The number of anilines is 1. The number of aryl methyl sites for hydroxylation is 1. The number of carbonyl (C=O) groups is 1. The van der Waals surface area contributed by atoms with E-state index in [2.05, 4.69) is 66.0 Å². The summed E-state index contributed by atoms with van der Waals surface area (Å²) in [6.45, 7) is 5.55. The minimum Gasteiger partial charge on any atom is -0.347 e. The average molecular weight is 347 g/mol. The number of aromatic nitrogens is 1. The van der Waals surface area contributed by atoms with Crippen molar-refractivity contribution in [2.45, 2.75) is 26.4 Å². The first kappa shape index (κ1) is 16.9. The number of benzene rings is 2. The highest BCUT2D eigenvalue weighted by Crippen LogP contribution is 2.27. The Balaban J connectivity index is 1.67. The van der Waals surface area contributed by atoms with E-state index in [1.165, 1.54) is 16.5 Å². The van der Waals surface area contributed by atoms with Crippen LogP contribution in [0.4, 0.5) is 5.69 Å². The summed E-state index contributed by atoms with van der Waals surface area (Å²) in [6, 6.07) is 16.6. The molecule has 1 aromatic heterocycles. The van der Waals surface area contributed by atoms with Crippen molar-refractivity contribution in [1.82, 2.24) is 9.47 Å². The molecule has 0 bridgehead atoms. The van der Waals surface area contributed by atoms with Crippen LogP contribution in [0, 0.1) is 0 Å². The molecule has 0 fully saturated rings. The highest BCUT2D eigenvalue weighted by Gasteiger charge is 2.23. The van der Waals surface area contributed by atoms with Gasteiger partial charge in [-0.15, -0.1) is 0 Å². The molecule has 3 aromatic rings. The number of hydrogen-bond acceptors (Lipinski definition) is 2. The Kier molecular flexibility index (Phi) is 4.51. The lowest BCUT2D eigenvalue weighted by Crippen LogP contribution is -2.36. The van der Waals surface area contributed by atoms with Gasteiger partial charge in [0.25, 0.3) is 0 Å². The van der Waals surface area contributed by atoms with Crippen LogP contribution in [0.2, 0.25) is 0 Å². The lowest BCUT2D eigenvalue weighted by molar-refractivity contribution is -0.118. The molecule has 0 N–H and O–H groups in total. The van der Waals surface area contributed by atoms with E-state index >= 15 is 0 Å². The van der Waals surface area contributed by atoms with Crippen molar-refractivity contribution < 1.29 is 4.79 Å². The van der Waals surface area contributed by atoms with Crippen LogP contribution in [-0.2, 0) is 24.3 Å². The Labute approximate surface area is 154 Å². The van der Waals surface area contributed by atoms with Gasteiger partial charge in [-0.05, 0) is 37.2 Å². The lowest BCUT2D eigenvalue weighted by atomic mass is 10.1. The lowest BCUT2D eigenvalue weighted by Gasteiger charge is -2.22. The van der Waals surface area contributed by atoms with Gasteiger partial charge in [0.05, 0.1) is 6.42 Å². The Morgan fingerprint density at radius 2 is 1.81 bits per heavy atom. The second-order valence-electron chi connectivity index (χ2n) is 7.05. The zero-order valence-electron chi connectivity index (χ0n) is 15.5. The van der Waals surface area contributed by atoms with Gasteiger partial charge in [0.2, 0.25) is 5.91 Å². The fourth-order valence-corrected chi connectivity index (χ4v) is 3.91. The minimum absolute atomic E-state index is 0.173. The third kappa shape index (κ3) is 3.01. The topological polar surface area (TPSA) is 28.5 Å². The first-order valence-electron chi connectivity index (χ1n) is 9.31. The molecular weight excluding hydrogens is 322 g/mol. The van der Waals surface area contributed by atoms with Gasteiger partial charge in [-0.3, -0.25) is 4.79 Å². The van der Waals surface area contributed by atoms with Crippen molar-refractivity contribution in [1.29, 1.82) is 0 Å². The molecule has 4 nitrogen and oxygen atoms in total. The molecule has 0 atom stereocenters. The third-order valence-electron chi connectivity index (χ3n) is 5.28. The molecule has 1 amide bonds. The van der Waals surface area contributed by atoms with Crippen molar-refractivity contribution >= 4 is 22.5 Å². The highest BCUT2D eigenvalue weighted by atomic mass is 16.2. The molecule has 0 spiro atoms. The minimum atomic E-state index is 0.173. The third-order valence-corrected chi connectivity index (χ3v) is 5.28. The van der Waals surface area contributed by atoms with E-state index in [0.717, 1.165) is 37.4 Å². The molecule has 134 valence electrons. The zero-order chi connectivity index (χ0) is 18.1. The quantitative estimate of drug-likeness (QED) is 0.723. The van der Waals surface area contributed by atoms with Gasteiger partial charge in [-0.1, -0.05) is 36.4 Å². The van der Waals surface area contributed by atoms with E-state index in [1.807, 2.05) is 17.0 Å². The summed E-state index contributed by atoms with van der Waals surface area (Å²) < 4.78 is 2.22. The first-order valence-corrected chi connectivity index (χ1v) is 9.31. The van der Waals surface area contributed by atoms with Gasteiger partial charge in [0, 0.05) is 49.0 Å². The number of amides is 1. The maximum absolute atomic E-state index is 13.2. The van der Waals surface area contributed by atoms with Crippen LogP contribution in [0.15, 0.2) is 54.7 Å². The fraction of sp³-hybridized carbons (Fsp3) is 0.318. The van der Waals surface area contributed by atoms with Crippen LogP contribution in [0.3, 0.4) is 0 Å². The smallest absolute Gasteiger partial charge is 0.231 e. The Bertz CT molecular complexity index is 943. The summed E-state index contributed by atoms with van der Waals surface area (Å²) in [5, 5.41) is 1.18. The van der Waals surface area contributed by atoms with E-state index < -0.39 is 0 Å². The van der Waals surface area contributed by atoms with Crippen molar-refractivity contribution in [2.75, 3.05) is 25.0 Å². The fourth-order valence-electron chi connectivity index (χ4n) is 3.91. The summed E-state index contributed by atoms with van der Waals surface area (Å²) in [7, 11) is 2.11. The summed E-state index contributed by atoms with van der Waals surface area (Å²) in [5.74, 6) is 0.173. The highest BCUT2D eigenvalue weighted by molar-refractivity contribution is 5.98. The molecule has 4 heteroatoms. The van der Waals surface area contributed by atoms with Crippen molar-refractivity contribution in [3.8, 4) is 0 Å². The van der Waals surface area contributed by atoms with Crippen molar-refractivity contribution in [2.24, 2.45) is 0 Å². The van der Waals surface area contributed by atoms with E-state index in [-0.39, 0.29) is 5.91 Å². The van der Waals surface area contributed by atoms with Crippen LogP contribution in [-0.4, -0.2) is 35.5 Å². The van der Waals surface area contributed by atoms with Gasteiger partial charge in [-0.25, -0.2) is 0 Å². The number of fused-ring (bicyclic) bond motifs is 2. The molecule has 26 heavy (non-hydrogen) atoms. The Morgan fingerprint density at radius 1 is 1.04 bits per heavy atom. The summed E-state index contributed by atoms with van der Waals surface area (Å²) in [5.41, 5.74) is 4.59. The number of nitrogens with zero attached hydrogens (tertiary/aromatic N) is 3. The molecule has 0 radical (unpaired) electrons. The van der Waals surface area contributed by atoms with Crippen LogP contribution < -0.4 is 4.90 Å². The van der Waals surface area contributed by atoms with Gasteiger partial charge in [-0.2, -0.15) is 0 Å². The van der Waals surface area contributed by atoms with Gasteiger partial charge >= 0.3 is 0 Å². The molecule has 2 heterocycles. The first-order chi connectivity index (χ1) is 12.7. The summed E-state index contributed by atoms with van der Waals surface area (Å²) >= 11 is 0. The monoisotopic (exact) mass is 347 g/mol. The molecule has 0 saturated carbocycles. The van der Waals surface area contributed by atoms with Crippen LogP contribution in [0.25, 0.3) is 10.9 Å². The van der Waals surface area contributed by atoms with Crippen molar-refractivity contribution in [3.05, 3.63) is 65.9 Å². The Hall–Kier alpha value is -2.59. The molecule has 1 aliphatic heterocycles. The molecule has 0 aliphatic carbocycles. The van der Waals surface area contributed by atoms with Crippen LogP contribution >= 0.6 is 0 Å². The molecule has 0 unspecified atom stereocenters. The second kappa shape index (κ2) is 6.96. The van der Waals surface area contributed by atoms with Gasteiger partial charge in [0.1, 0.15) is 0 Å². The molecule has 0 saturated heterocycles. The molecular formula is C22H25N3O. The molecule has 4 rings (SSSR count).